The zero-order valence-electron chi connectivity index (χ0n) is 26.7. The lowest BCUT2D eigenvalue weighted by molar-refractivity contribution is -0.0733. The summed E-state index contributed by atoms with van der Waals surface area (Å²) in [6.45, 7) is 5.58. The molecule has 39 heavy (non-hydrogen) atoms. The minimum absolute atomic E-state index is 0.0169. The summed E-state index contributed by atoms with van der Waals surface area (Å²) in [6, 6.07) is 0. The zero-order chi connectivity index (χ0) is 28.2. The normalized spacial score (nSPS) is 20.1. The molecule has 0 aromatic rings. The highest BCUT2D eigenvalue weighted by atomic mass is 16.7. The summed E-state index contributed by atoms with van der Waals surface area (Å²) < 4.78 is 12.9. The maximum atomic E-state index is 6.45. The van der Waals surface area contributed by atoms with Gasteiger partial charge in [0, 0.05) is 0 Å². The van der Waals surface area contributed by atoms with Gasteiger partial charge in [-0.3, -0.25) is 0 Å². The Morgan fingerprint density at radius 2 is 1.00 bits per heavy atom. The highest BCUT2D eigenvalue weighted by Gasteiger charge is 2.34. The Hall–Kier alpha value is -0.900. The summed E-state index contributed by atoms with van der Waals surface area (Å²) >= 11 is 0. The Morgan fingerprint density at radius 1 is 0.513 bits per heavy atom. The molecule has 0 amide bonds. The van der Waals surface area contributed by atoms with E-state index >= 15 is 0 Å². The van der Waals surface area contributed by atoms with Crippen LogP contribution in [0.1, 0.15) is 155 Å². The molecule has 3 atom stereocenters. The SMILES string of the molecule is CC/C=C\CCCCCCCC1OC(CCCN(C)C)OC1CCCCCCC/C=C\C/C=C\CCCCC. The van der Waals surface area contributed by atoms with Crippen molar-refractivity contribution in [2.45, 2.75) is 174 Å². The highest BCUT2D eigenvalue weighted by molar-refractivity contribution is 4.92. The molecule has 0 aliphatic carbocycles. The first-order chi connectivity index (χ1) is 19.2. The number of nitrogens with zero attached hydrogens (tertiary/aromatic N) is 1. The molecule has 1 saturated heterocycles. The largest absolute Gasteiger partial charge is 0.347 e. The van der Waals surface area contributed by atoms with E-state index < -0.39 is 0 Å². The molecule has 3 heteroatoms. The van der Waals surface area contributed by atoms with E-state index in [4.69, 9.17) is 9.47 Å². The molecule has 1 heterocycles. The van der Waals surface area contributed by atoms with Crippen LogP contribution in [0.4, 0.5) is 0 Å². The zero-order valence-corrected chi connectivity index (χ0v) is 26.7. The number of hydrogen-bond donors (Lipinski definition) is 0. The van der Waals surface area contributed by atoms with Crippen molar-refractivity contribution in [2.75, 3.05) is 20.6 Å². The van der Waals surface area contributed by atoms with Crippen LogP contribution in [0.5, 0.6) is 0 Å². The van der Waals surface area contributed by atoms with Crippen molar-refractivity contribution in [3.8, 4) is 0 Å². The summed E-state index contributed by atoms with van der Waals surface area (Å²) in [4.78, 5) is 2.25. The first kappa shape index (κ1) is 36.1. The second-order valence-electron chi connectivity index (χ2n) is 12.0. The van der Waals surface area contributed by atoms with Crippen molar-refractivity contribution < 1.29 is 9.47 Å². The minimum Gasteiger partial charge on any atom is -0.347 e. The van der Waals surface area contributed by atoms with Crippen LogP contribution >= 0.6 is 0 Å². The smallest absolute Gasteiger partial charge is 0.158 e. The van der Waals surface area contributed by atoms with Gasteiger partial charge in [-0.2, -0.15) is 0 Å². The molecule has 1 rings (SSSR count). The summed E-state index contributed by atoms with van der Waals surface area (Å²) in [7, 11) is 4.29. The maximum absolute atomic E-state index is 6.45. The third-order valence-electron chi connectivity index (χ3n) is 7.81. The van der Waals surface area contributed by atoms with Crippen molar-refractivity contribution in [2.24, 2.45) is 0 Å². The van der Waals surface area contributed by atoms with Crippen LogP contribution in [-0.4, -0.2) is 44.0 Å². The summed E-state index contributed by atoms with van der Waals surface area (Å²) in [5, 5.41) is 0. The van der Waals surface area contributed by atoms with Crippen LogP contribution in [0.3, 0.4) is 0 Å². The highest BCUT2D eigenvalue weighted by Crippen LogP contribution is 2.30. The molecule has 1 fully saturated rings. The van der Waals surface area contributed by atoms with Gasteiger partial charge in [-0.1, -0.05) is 115 Å². The fourth-order valence-electron chi connectivity index (χ4n) is 5.39. The van der Waals surface area contributed by atoms with E-state index in [1.54, 1.807) is 0 Å². The molecule has 1 aliphatic heterocycles. The van der Waals surface area contributed by atoms with E-state index in [0.29, 0.717) is 12.2 Å². The van der Waals surface area contributed by atoms with Gasteiger partial charge in [0.25, 0.3) is 0 Å². The lowest BCUT2D eigenvalue weighted by Gasteiger charge is -2.16. The van der Waals surface area contributed by atoms with Gasteiger partial charge in [-0.15, -0.1) is 0 Å². The van der Waals surface area contributed by atoms with Crippen molar-refractivity contribution in [1.29, 1.82) is 0 Å². The van der Waals surface area contributed by atoms with Crippen LogP contribution in [-0.2, 0) is 9.47 Å². The summed E-state index contributed by atoms with van der Waals surface area (Å²) in [6.07, 6.45) is 42.5. The standard InChI is InChI=1S/C36H67NO2/c1-5-7-9-11-13-15-16-17-18-19-20-22-24-26-28-31-35-34(38-36(39-35)32-29-33-37(3)4)30-27-25-23-21-14-12-10-8-6-2/h8,10,13,15,17-18,34-36H,5-7,9,11-12,14,16,19-33H2,1-4H3/b10-8-,15-13-,18-17-. The van der Waals surface area contributed by atoms with Gasteiger partial charge in [0.15, 0.2) is 6.29 Å². The van der Waals surface area contributed by atoms with Crippen LogP contribution in [0.2, 0.25) is 0 Å². The molecular formula is C36H67NO2. The number of ether oxygens (including phenoxy) is 2. The number of rotatable bonds is 27. The molecule has 0 aromatic heterocycles. The van der Waals surface area contributed by atoms with E-state index in [9.17, 15) is 0 Å². The Balaban J connectivity index is 2.17. The first-order valence-electron chi connectivity index (χ1n) is 17.1. The first-order valence-corrected chi connectivity index (χ1v) is 17.1. The molecule has 0 radical (unpaired) electrons. The van der Waals surface area contributed by atoms with Crippen LogP contribution in [0.25, 0.3) is 0 Å². The molecule has 228 valence electrons. The van der Waals surface area contributed by atoms with Gasteiger partial charge in [0.05, 0.1) is 12.2 Å². The second kappa shape index (κ2) is 27.3. The fraction of sp³-hybridized carbons (Fsp3) is 0.833. The number of hydrogen-bond acceptors (Lipinski definition) is 3. The molecule has 3 nitrogen and oxygen atoms in total. The van der Waals surface area contributed by atoms with Gasteiger partial charge in [0.1, 0.15) is 0 Å². The van der Waals surface area contributed by atoms with Gasteiger partial charge >= 0.3 is 0 Å². The van der Waals surface area contributed by atoms with Gasteiger partial charge < -0.3 is 14.4 Å². The monoisotopic (exact) mass is 546 g/mol. The predicted octanol–water partition coefficient (Wildman–Crippen LogP) is 10.9. The fourth-order valence-corrected chi connectivity index (χ4v) is 5.39. The maximum Gasteiger partial charge on any atom is 0.158 e. The summed E-state index contributed by atoms with van der Waals surface area (Å²) in [5.74, 6) is 0. The van der Waals surface area contributed by atoms with E-state index in [0.717, 1.165) is 32.2 Å². The van der Waals surface area contributed by atoms with Gasteiger partial charge in [-0.25, -0.2) is 0 Å². The van der Waals surface area contributed by atoms with Gasteiger partial charge in [-0.05, 0) is 97.7 Å². The third kappa shape index (κ3) is 22.5. The van der Waals surface area contributed by atoms with Crippen LogP contribution in [0, 0.1) is 0 Å². The minimum atomic E-state index is 0.0169. The summed E-state index contributed by atoms with van der Waals surface area (Å²) in [5.41, 5.74) is 0. The Morgan fingerprint density at radius 3 is 1.51 bits per heavy atom. The topological polar surface area (TPSA) is 21.7 Å². The molecule has 0 aromatic carbocycles. The predicted molar refractivity (Wildman–Crippen MR) is 172 cm³/mol. The molecular weight excluding hydrogens is 478 g/mol. The van der Waals surface area contributed by atoms with E-state index in [1.165, 1.54) is 116 Å². The molecule has 0 bridgehead atoms. The molecule has 0 saturated carbocycles. The second-order valence-corrected chi connectivity index (χ2v) is 12.0. The molecule has 3 unspecified atom stereocenters. The number of allylic oxidation sites excluding steroid dienone is 6. The average Bonchev–Trinajstić information content (AvgIpc) is 3.31. The van der Waals surface area contributed by atoms with Crippen LogP contribution < -0.4 is 0 Å². The van der Waals surface area contributed by atoms with Crippen molar-refractivity contribution in [3.63, 3.8) is 0 Å². The van der Waals surface area contributed by atoms with Crippen LogP contribution in [0.15, 0.2) is 36.5 Å². The van der Waals surface area contributed by atoms with E-state index in [2.05, 4.69) is 69.3 Å². The Kier molecular flexibility index (Phi) is 25.3. The third-order valence-corrected chi connectivity index (χ3v) is 7.81. The quantitative estimate of drug-likeness (QED) is 0.0756. The lowest BCUT2D eigenvalue weighted by Crippen LogP contribution is -2.22. The molecule has 0 N–H and O–H groups in total. The van der Waals surface area contributed by atoms with Crippen molar-refractivity contribution in [1.82, 2.24) is 4.90 Å². The van der Waals surface area contributed by atoms with Crippen molar-refractivity contribution >= 4 is 0 Å². The molecule has 0 spiro atoms. The van der Waals surface area contributed by atoms with Crippen molar-refractivity contribution in [3.05, 3.63) is 36.5 Å². The average molecular weight is 546 g/mol. The lowest BCUT2D eigenvalue weighted by atomic mass is 9.99. The Labute approximate surface area is 244 Å². The molecule has 1 aliphatic rings. The van der Waals surface area contributed by atoms with Gasteiger partial charge in [0.2, 0.25) is 0 Å². The number of unbranched alkanes of at least 4 members (excludes halogenated alkanes) is 13. The van der Waals surface area contributed by atoms with E-state index in [1.807, 2.05) is 0 Å². The van der Waals surface area contributed by atoms with E-state index in [-0.39, 0.29) is 6.29 Å². The Bertz CT molecular complexity index is 597.